The molecule has 0 aliphatic carbocycles. The van der Waals surface area contributed by atoms with Gasteiger partial charge in [-0.3, -0.25) is 4.98 Å². The van der Waals surface area contributed by atoms with Crippen LogP contribution < -0.4 is 14.8 Å². The number of nitrogens with zero attached hydrogens (tertiary/aromatic N) is 1. The molecule has 21 heavy (non-hydrogen) atoms. The van der Waals surface area contributed by atoms with Crippen molar-refractivity contribution >= 4 is 0 Å². The van der Waals surface area contributed by atoms with Gasteiger partial charge in [0.1, 0.15) is 0 Å². The van der Waals surface area contributed by atoms with Gasteiger partial charge in [0.2, 0.25) is 0 Å². The highest BCUT2D eigenvalue weighted by atomic mass is 16.5. The van der Waals surface area contributed by atoms with Crippen molar-refractivity contribution in [2.45, 2.75) is 19.4 Å². The number of benzene rings is 1. The lowest BCUT2D eigenvalue weighted by atomic mass is 9.88. The normalized spacial score (nSPS) is 17.2. The van der Waals surface area contributed by atoms with E-state index in [1.165, 1.54) is 22.3 Å². The van der Waals surface area contributed by atoms with Gasteiger partial charge in [-0.15, -0.1) is 0 Å². The summed E-state index contributed by atoms with van der Waals surface area (Å²) in [6.07, 6.45) is 4.75. The minimum Gasteiger partial charge on any atom is -0.493 e. The summed E-state index contributed by atoms with van der Waals surface area (Å²) in [5, 5.41) is 3.60. The van der Waals surface area contributed by atoms with Crippen LogP contribution in [0.4, 0.5) is 0 Å². The Morgan fingerprint density at radius 2 is 1.90 bits per heavy atom. The van der Waals surface area contributed by atoms with E-state index < -0.39 is 0 Å². The molecule has 0 saturated heterocycles. The number of hydrogen-bond acceptors (Lipinski definition) is 4. The maximum Gasteiger partial charge on any atom is 0.161 e. The van der Waals surface area contributed by atoms with Crippen LogP contribution in [-0.4, -0.2) is 25.7 Å². The van der Waals surface area contributed by atoms with Crippen LogP contribution in [0.2, 0.25) is 0 Å². The highest BCUT2D eigenvalue weighted by molar-refractivity contribution is 5.52. The van der Waals surface area contributed by atoms with Crippen molar-refractivity contribution in [3.05, 3.63) is 52.8 Å². The summed E-state index contributed by atoms with van der Waals surface area (Å²) in [7, 11) is 3.35. The van der Waals surface area contributed by atoms with E-state index in [1.54, 1.807) is 14.2 Å². The van der Waals surface area contributed by atoms with Crippen LogP contribution in [0, 0.1) is 6.92 Å². The molecule has 3 rings (SSSR count). The average Bonchev–Trinajstić information content (AvgIpc) is 2.53. The van der Waals surface area contributed by atoms with E-state index in [0.29, 0.717) is 0 Å². The minimum absolute atomic E-state index is 0.177. The third kappa shape index (κ3) is 2.47. The predicted molar refractivity (Wildman–Crippen MR) is 82.1 cm³/mol. The maximum atomic E-state index is 5.45. The zero-order valence-electron chi connectivity index (χ0n) is 12.6. The predicted octanol–water partition coefficient (Wildman–Crippen LogP) is 2.64. The Morgan fingerprint density at radius 3 is 2.62 bits per heavy atom. The molecule has 4 heteroatoms. The molecule has 1 aromatic carbocycles. The van der Waals surface area contributed by atoms with Crippen molar-refractivity contribution in [3.8, 4) is 11.5 Å². The van der Waals surface area contributed by atoms with Gasteiger partial charge in [0.05, 0.1) is 20.3 Å². The molecule has 0 saturated carbocycles. The third-order valence-corrected chi connectivity index (χ3v) is 4.07. The van der Waals surface area contributed by atoms with Gasteiger partial charge in [-0.1, -0.05) is 0 Å². The molecule has 1 N–H and O–H groups in total. The molecule has 0 bridgehead atoms. The Labute approximate surface area is 125 Å². The van der Waals surface area contributed by atoms with Crippen LogP contribution in [0.5, 0.6) is 11.5 Å². The Balaban J connectivity index is 2.11. The van der Waals surface area contributed by atoms with E-state index in [1.807, 2.05) is 12.4 Å². The second kappa shape index (κ2) is 5.74. The summed E-state index contributed by atoms with van der Waals surface area (Å²) in [5.74, 6) is 1.57. The van der Waals surface area contributed by atoms with Crippen LogP contribution in [0.3, 0.4) is 0 Å². The van der Waals surface area contributed by atoms with Gasteiger partial charge in [-0.05, 0) is 53.8 Å². The summed E-state index contributed by atoms with van der Waals surface area (Å²) >= 11 is 0. The number of nitrogens with one attached hydrogen (secondary N) is 1. The summed E-state index contributed by atoms with van der Waals surface area (Å²) in [6, 6.07) is 6.44. The van der Waals surface area contributed by atoms with Crippen molar-refractivity contribution in [3.63, 3.8) is 0 Å². The Kier molecular flexibility index (Phi) is 3.80. The lowest BCUT2D eigenvalue weighted by molar-refractivity contribution is 0.353. The smallest absolute Gasteiger partial charge is 0.161 e. The molecule has 1 unspecified atom stereocenters. The number of aryl methyl sites for hydroxylation is 1. The monoisotopic (exact) mass is 284 g/mol. The molecule has 1 aromatic heterocycles. The van der Waals surface area contributed by atoms with Gasteiger partial charge in [0.15, 0.2) is 11.5 Å². The number of hydrogen-bond donors (Lipinski definition) is 1. The van der Waals surface area contributed by atoms with Crippen LogP contribution in [0.1, 0.15) is 28.3 Å². The van der Waals surface area contributed by atoms with Gasteiger partial charge < -0.3 is 14.8 Å². The van der Waals surface area contributed by atoms with Crippen molar-refractivity contribution in [1.29, 1.82) is 0 Å². The molecule has 0 fully saturated rings. The molecule has 0 radical (unpaired) electrons. The first-order valence-electron chi connectivity index (χ1n) is 7.13. The average molecular weight is 284 g/mol. The van der Waals surface area contributed by atoms with Gasteiger partial charge in [-0.25, -0.2) is 0 Å². The molecule has 4 nitrogen and oxygen atoms in total. The fourth-order valence-corrected chi connectivity index (χ4v) is 2.97. The third-order valence-electron chi connectivity index (χ3n) is 4.07. The van der Waals surface area contributed by atoms with E-state index in [4.69, 9.17) is 9.47 Å². The molecular formula is C17H20N2O2. The number of rotatable bonds is 3. The lowest BCUT2D eigenvalue weighted by Gasteiger charge is -2.29. The van der Waals surface area contributed by atoms with Gasteiger partial charge >= 0.3 is 0 Å². The summed E-state index contributed by atoms with van der Waals surface area (Å²) in [5.41, 5.74) is 5.02. The fourth-order valence-electron chi connectivity index (χ4n) is 2.97. The molecule has 1 aliphatic rings. The zero-order chi connectivity index (χ0) is 14.8. The lowest BCUT2D eigenvalue weighted by Crippen LogP contribution is -2.31. The Hall–Kier alpha value is -2.07. The van der Waals surface area contributed by atoms with E-state index in [-0.39, 0.29) is 6.04 Å². The second-order valence-electron chi connectivity index (χ2n) is 5.28. The second-order valence-corrected chi connectivity index (χ2v) is 5.28. The van der Waals surface area contributed by atoms with Crippen LogP contribution >= 0.6 is 0 Å². The molecule has 2 aromatic rings. The Bertz CT molecular complexity index is 655. The van der Waals surface area contributed by atoms with Crippen LogP contribution in [0.15, 0.2) is 30.6 Å². The van der Waals surface area contributed by atoms with E-state index in [9.17, 15) is 0 Å². The summed E-state index contributed by atoms with van der Waals surface area (Å²) in [6.45, 7) is 3.05. The SMILES string of the molecule is COc1cc2c(cc1OC)C(c1ccncc1C)NCC2. The molecule has 0 spiro atoms. The largest absolute Gasteiger partial charge is 0.493 e. The number of pyridine rings is 1. The standard InChI is InChI=1S/C17H20N2O2/c1-11-10-18-6-5-13(11)17-14-9-16(21-3)15(20-2)8-12(14)4-7-19-17/h5-6,8-10,17,19H,4,7H2,1-3H3. The van der Waals surface area contributed by atoms with Crippen molar-refractivity contribution in [2.75, 3.05) is 20.8 Å². The molecular weight excluding hydrogens is 264 g/mol. The number of ether oxygens (including phenoxy) is 2. The van der Waals surface area contributed by atoms with E-state index >= 15 is 0 Å². The molecule has 110 valence electrons. The number of aromatic nitrogens is 1. The van der Waals surface area contributed by atoms with Crippen molar-refractivity contribution in [1.82, 2.24) is 10.3 Å². The van der Waals surface area contributed by atoms with Gasteiger partial charge in [0, 0.05) is 18.9 Å². The maximum absolute atomic E-state index is 5.45. The first-order valence-corrected chi connectivity index (χ1v) is 7.13. The van der Waals surface area contributed by atoms with Gasteiger partial charge in [-0.2, -0.15) is 0 Å². The van der Waals surface area contributed by atoms with Crippen molar-refractivity contribution in [2.24, 2.45) is 0 Å². The number of methoxy groups -OCH3 is 2. The minimum atomic E-state index is 0.177. The van der Waals surface area contributed by atoms with Gasteiger partial charge in [0.25, 0.3) is 0 Å². The fraction of sp³-hybridized carbons (Fsp3) is 0.353. The number of fused-ring (bicyclic) bond motifs is 1. The van der Waals surface area contributed by atoms with E-state index in [2.05, 4.69) is 35.4 Å². The zero-order valence-corrected chi connectivity index (χ0v) is 12.6. The quantitative estimate of drug-likeness (QED) is 0.941. The highest BCUT2D eigenvalue weighted by Gasteiger charge is 2.24. The van der Waals surface area contributed by atoms with Crippen LogP contribution in [-0.2, 0) is 6.42 Å². The summed E-state index contributed by atoms with van der Waals surface area (Å²) < 4.78 is 10.9. The highest BCUT2D eigenvalue weighted by Crippen LogP contribution is 2.37. The first kappa shape index (κ1) is 13.9. The molecule has 0 amide bonds. The first-order chi connectivity index (χ1) is 10.2. The van der Waals surface area contributed by atoms with Crippen LogP contribution in [0.25, 0.3) is 0 Å². The van der Waals surface area contributed by atoms with Crippen molar-refractivity contribution < 1.29 is 9.47 Å². The Morgan fingerprint density at radius 1 is 1.14 bits per heavy atom. The molecule has 2 heterocycles. The topological polar surface area (TPSA) is 43.4 Å². The summed E-state index contributed by atoms with van der Waals surface area (Å²) in [4.78, 5) is 4.18. The molecule has 1 atom stereocenters. The molecule has 1 aliphatic heterocycles. The van der Waals surface area contributed by atoms with E-state index in [0.717, 1.165) is 24.5 Å².